The van der Waals surface area contributed by atoms with Gasteiger partial charge in [-0.25, -0.2) is 4.68 Å². The Bertz CT molecular complexity index is 651. The lowest BCUT2D eigenvalue weighted by atomic mass is 10.1. The lowest BCUT2D eigenvalue weighted by molar-refractivity contribution is 0.145. The Morgan fingerprint density at radius 3 is 2.84 bits per heavy atom. The van der Waals surface area contributed by atoms with Crippen LogP contribution in [0.25, 0.3) is 5.69 Å². The molecule has 1 heterocycles. The molecule has 0 spiro atoms. The van der Waals surface area contributed by atoms with Gasteiger partial charge in [-0.05, 0) is 50.8 Å². The summed E-state index contributed by atoms with van der Waals surface area (Å²) in [6.07, 6.45) is 4.92. The van der Waals surface area contributed by atoms with Crippen LogP contribution in [0.2, 0.25) is 0 Å². The third kappa shape index (κ3) is 6.58. The van der Waals surface area contributed by atoms with Gasteiger partial charge in [0.25, 0.3) is 0 Å². The van der Waals surface area contributed by atoms with E-state index in [1.165, 1.54) is 5.56 Å². The molecule has 0 amide bonds. The van der Waals surface area contributed by atoms with E-state index in [0.717, 1.165) is 50.4 Å². The summed E-state index contributed by atoms with van der Waals surface area (Å²) in [5.41, 5.74) is 9.26. The number of aryl methyl sites for hydroxylation is 2. The van der Waals surface area contributed by atoms with Crippen molar-refractivity contribution in [2.75, 3.05) is 26.3 Å². The third-order valence-corrected chi connectivity index (χ3v) is 3.88. The second-order valence-corrected chi connectivity index (χ2v) is 5.87. The van der Waals surface area contributed by atoms with Crippen molar-refractivity contribution in [2.45, 2.75) is 33.1 Å². The summed E-state index contributed by atoms with van der Waals surface area (Å²) in [5.74, 6) is 0.508. The second-order valence-electron chi connectivity index (χ2n) is 5.87. The van der Waals surface area contributed by atoms with Gasteiger partial charge in [0.1, 0.15) is 0 Å². The summed E-state index contributed by atoms with van der Waals surface area (Å²) < 4.78 is 7.21. The molecular weight excluding hydrogens is 314 g/mol. The number of guanidine groups is 1. The molecule has 0 fully saturated rings. The quantitative estimate of drug-likeness (QED) is 0.395. The zero-order chi connectivity index (χ0) is 17.9. The molecule has 0 radical (unpaired) electrons. The first-order valence-electron chi connectivity index (χ1n) is 8.92. The van der Waals surface area contributed by atoms with Crippen molar-refractivity contribution in [1.82, 2.24) is 15.1 Å². The number of benzene rings is 1. The molecule has 1 aromatic heterocycles. The first kappa shape index (κ1) is 19.0. The van der Waals surface area contributed by atoms with Gasteiger partial charge in [0.05, 0.1) is 11.4 Å². The molecule has 136 valence electrons. The Labute approximate surface area is 150 Å². The molecule has 2 aromatic rings. The molecule has 0 bridgehead atoms. The van der Waals surface area contributed by atoms with Crippen molar-refractivity contribution < 1.29 is 4.74 Å². The van der Waals surface area contributed by atoms with Crippen LogP contribution in [-0.4, -0.2) is 42.0 Å². The predicted molar refractivity (Wildman–Crippen MR) is 102 cm³/mol. The Kier molecular flexibility index (Phi) is 7.98. The smallest absolute Gasteiger partial charge is 0.188 e. The highest BCUT2D eigenvalue weighted by molar-refractivity contribution is 5.77. The first-order chi connectivity index (χ1) is 12.2. The maximum absolute atomic E-state index is 5.86. The van der Waals surface area contributed by atoms with Crippen LogP contribution in [0.4, 0.5) is 0 Å². The number of rotatable bonds is 10. The molecule has 6 heteroatoms. The Balaban J connectivity index is 1.73. The van der Waals surface area contributed by atoms with E-state index in [1.54, 1.807) is 0 Å². The van der Waals surface area contributed by atoms with Crippen LogP contribution < -0.4 is 11.1 Å². The molecule has 1 aromatic carbocycles. The van der Waals surface area contributed by atoms with E-state index < -0.39 is 0 Å². The van der Waals surface area contributed by atoms with E-state index in [2.05, 4.69) is 33.7 Å². The van der Waals surface area contributed by atoms with E-state index in [9.17, 15) is 0 Å². The van der Waals surface area contributed by atoms with Gasteiger partial charge in [-0.1, -0.05) is 18.2 Å². The van der Waals surface area contributed by atoms with E-state index in [-0.39, 0.29) is 0 Å². The van der Waals surface area contributed by atoms with Crippen LogP contribution in [-0.2, 0) is 11.2 Å². The maximum Gasteiger partial charge on any atom is 0.188 e. The summed E-state index contributed by atoms with van der Waals surface area (Å²) >= 11 is 0. The highest BCUT2D eigenvalue weighted by atomic mass is 16.5. The van der Waals surface area contributed by atoms with Gasteiger partial charge < -0.3 is 15.8 Å². The number of para-hydroxylation sites is 1. The van der Waals surface area contributed by atoms with Crippen LogP contribution >= 0.6 is 0 Å². The van der Waals surface area contributed by atoms with Gasteiger partial charge in [0.15, 0.2) is 5.96 Å². The first-order valence-corrected chi connectivity index (χ1v) is 8.92. The summed E-state index contributed by atoms with van der Waals surface area (Å²) in [5, 5.41) is 7.70. The molecule has 0 unspecified atom stereocenters. The van der Waals surface area contributed by atoms with Crippen molar-refractivity contribution in [3.05, 3.63) is 47.8 Å². The minimum atomic E-state index is 0.508. The number of hydrogen-bond acceptors (Lipinski definition) is 3. The highest BCUT2D eigenvalue weighted by Gasteiger charge is 2.05. The molecule has 3 N–H and O–H groups in total. The minimum absolute atomic E-state index is 0.508. The van der Waals surface area contributed by atoms with Gasteiger partial charge in [-0.2, -0.15) is 5.10 Å². The SMILES string of the molecule is CCOCCCNC(N)=NCCCc1cn(-c2ccccc2)nc1C. The van der Waals surface area contributed by atoms with Crippen LogP contribution in [0.1, 0.15) is 31.0 Å². The molecule has 0 aliphatic heterocycles. The predicted octanol–water partition coefficient (Wildman–Crippen LogP) is 2.44. The van der Waals surface area contributed by atoms with Crippen molar-refractivity contribution in [3.63, 3.8) is 0 Å². The number of nitrogens with zero attached hydrogens (tertiary/aromatic N) is 3. The molecule has 0 saturated carbocycles. The number of aromatic nitrogens is 2. The summed E-state index contributed by atoms with van der Waals surface area (Å²) in [6, 6.07) is 10.2. The van der Waals surface area contributed by atoms with E-state index >= 15 is 0 Å². The lowest BCUT2D eigenvalue weighted by Gasteiger charge is -2.05. The summed E-state index contributed by atoms with van der Waals surface area (Å²) in [7, 11) is 0. The Morgan fingerprint density at radius 1 is 1.28 bits per heavy atom. The molecule has 2 rings (SSSR count). The van der Waals surface area contributed by atoms with Crippen molar-refractivity contribution in [2.24, 2.45) is 10.7 Å². The zero-order valence-electron chi connectivity index (χ0n) is 15.2. The van der Waals surface area contributed by atoms with Gasteiger partial charge >= 0.3 is 0 Å². The van der Waals surface area contributed by atoms with Gasteiger partial charge in [0, 0.05) is 32.5 Å². The van der Waals surface area contributed by atoms with Crippen molar-refractivity contribution >= 4 is 5.96 Å². The van der Waals surface area contributed by atoms with Crippen LogP contribution in [0, 0.1) is 6.92 Å². The molecule has 25 heavy (non-hydrogen) atoms. The molecule has 0 aliphatic carbocycles. The Hall–Kier alpha value is -2.34. The van der Waals surface area contributed by atoms with Crippen LogP contribution in [0.5, 0.6) is 0 Å². The minimum Gasteiger partial charge on any atom is -0.382 e. The fourth-order valence-electron chi connectivity index (χ4n) is 2.51. The lowest BCUT2D eigenvalue weighted by Crippen LogP contribution is -2.33. The third-order valence-electron chi connectivity index (χ3n) is 3.88. The van der Waals surface area contributed by atoms with Gasteiger partial charge in [-0.15, -0.1) is 0 Å². The number of hydrogen-bond donors (Lipinski definition) is 2. The fourth-order valence-corrected chi connectivity index (χ4v) is 2.51. The summed E-state index contributed by atoms with van der Waals surface area (Å²) in [6.45, 7) is 7.05. The highest BCUT2D eigenvalue weighted by Crippen LogP contribution is 2.13. The average Bonchev–Trinajstić information content (AvgIpc) is 3.00. The summed E-state index contributed by atoms with van der Waals surface area (Å²) in [4.78, 5) is 4.37. The molecule has 0 aliphatic rings. The monoisotopic (exact) mass is 343 g/mol. The van der Waals surface area contributed by atoms with Crippen molar-refractivity contribution in [3.8, 4) is 5.69 Å². The molecule has 6 nitrogen and oxygen atoms in total. The van der Waals surface area contributed by atoms with Crippen LogP contribution in [0.3, 0.4) is 0 Å². The maximum atomic E-state index is 5.86. The largest absolute Gasteiger partial charge is 0.382 e. The van der Waals surface area contributed by atoms with Crippen LogP contribution in [0.15, 0.2) is 41.5 Å². The molecule has 0 atom stereocenters. The second kappa shape index (κ2) is 10.5. The standard InChI is InChI=1S/C19H29N5O/c1-3-25-14-8-13-22-19(20)21-12-7-9-17-15-24(23-16(17)2)18-10-5-4-6-11-18/h4-6,10-11,15H,3,7-9,12-14H2,1-2H3,(H3,20,21,22). The van der Waals surface area contributed by atoms with Gasteiger partial charge in [0.2, 0.25) is 0 Å². The van der Waals surface area contributed by atoms with E-state index in [1.807, 2.05) is 36.7 Å². The van der Waals surface area contributed by atoms with Crippen molar-refractivity contribution in [1.29, 1.82) is 0 Å². The molecule has 0 saturated heterocycles. The number of aliphatic imine (C=N–C) groups is 1. The topological polar surface area (TPSA) is 77.5 Å². The van der Waals surface area contributed by atoms with E-state index in [0.29, 0.717) is 12.5 Å². The number of nitrogens with two attached hydrogens (primary N) is 1. The molecular formula is C19H29N5O. The Morgan fingerprint density at radius 2 is 2.08 bits per heavy atom. The number of nitrogens with one attached hydrogen (secondary N) is 1. The average molecular weight is 343 g/mol. The normalized spacial score (nSPS) is 11.7. The van der Waals surface area contributed by atoms with E-state index in [4.69, 9.17) is 10.5 Å². The fraction of sp³-hybridized carbons (Fsp3) is 0.474. The number of ether oxygens (including phenoxy) is 1. The van der Waals surface area contributed by atoms with Gasteiger partial charge in [-0.3, -0.25) is 4.99 Å². The zero-order valence-corrected chi connectivity index (χ0v) is 15.2.